The first-order valence-electron chi connectivity index (χ1n) is 7.51. The predicted molar refractivity (Wildman–Crippen MR) is 77.1 cm³/mol. The van der Waals surface area contributed by atoms with E-state index in [0.717, 1.165) is 32.1 Å². The SMILES string of the molecule is CC(=O)CCCCCCCCCCCCOS(=O)(=O)[O-].[Na+]. The quantitative estimate of drug-likeness (QED) is 0.199. The summed E-state index contributed by atoms with van der Waals surface area (Å²) >= 11 is 0. The molecule has 0 saturated carbocycles. The van der Waals surface area contributed by atoms with Crippen LogP contribution in [-0.2, 0) is 19.4 Å². The Morgan fingerprint density at radius 1 is 0.857 bits per heavy atom. The van der Waals surface area contributed by atoms with Crippen LogP contribution < -0.4 is 29.6 Å². The second kappa shape index (κ2) is 15.4. The molecule has 0 spiro atoms. The van der Waals surface area contributed by atoms with Crippen LogP contribution in [0.15, 0.2) is 0 Å². The Bertz CT molecular complexity index is 343. The molecular formula is C14H27NaO5S. The average molecular weight is 330 g/mol. The Hall–Kier alpha value is 0.540. The third kappa shape index (κ3) is 22.9. The van der Waals surface area contributed by atoms with Crippen molar-refractivity contribution >= 4 is 16.2 Å². The van der Waals surface area contributed by atoms with E-state index in [-0.39, 0.29) is 41.9 Å². The van der Waals surface area contributed by atoms with E-state index in [9.17, 15) is 17.8 Å². The first kappa shape index (κ1) is 23.8. The van der Waals surface area contributed by atoms with Crippen LogP contribution >= 0.6 is 0 Å². The monoisotopic (exact) mass is 330 g/mol. The molecule has 0 amide bonds. The van der Waals surface area contributed by atoms with E-state index in [1.807, 2.05) is 0 Å². The van der Waals surface area contributed by atoms with Gasteiger partial charge in [-0.3, -0.25) is 4.18 Å². The second-order valence-electron chi connectivity index (χ2n) is 5.22. The first-order chi connectivity index (χ1) is 9.42. The molecular weight excluding hydrogens is 303 g/mol. The maximum Gasteiger partial charge on any atom is 1.00 e. The average Bonchev–Trinajstić information content (AvgIpc) is 2.33. The van der Waals surface area contributed by atoms with Gasteiger partial charge in [0.1, 0.15) is 5.78 Å². The van der Waals surface area contributed by atoms with Gasteiger partial charge >= 0.3 is 29.6 Å². The topological polar surface area (TPSA) is 83.5 Å². The van der Waals surface area contributed by atoms with Gasteiger partial charge in [0, 0.05) is 6.42 Å². The molecule has 0 aliphatic carbocycles. The normalized spacial score (nSPS) is 11.1. The fourth-order valence-electron chi connectivity index (χ4n) is 2.05. The molecule has 21 heavy (non-hydrogen) atoms. The Kier molecular flexibility index (Phi) is 17.5. The molecule has 0 aromatic heterocycles. The van der Waals surface area contributed by atoms with Gasteiger partial charge in [0.25, 0.3) is 0 Å². The molecule has 0 aromatic carbocycles. The van der Waals surface area contributed by atoms with Gasteiger partial charge in [0.15, 0.2) is 0 Å². The van der Waals surface area contributed by atoms with Crippen LogP contribution in [0.3, 0.4) is 0 Å². The van der Waals surface area contributed by atoms with Gasteiger partial charge in [0.05, 0.1) is 6.61 Å². The molecule has 0 aliphatic rings. The van der Waals surface area contributed by atoms with Crippen molar-refractivity contribution in [3.8, 4) is 0 Å². The van der Waals surface area contributed by atoms with Crippen molar-refractivity contribution in [1.82, 2.24) is 0 Å². The Labute approximate surface area is 151 Å². The zero-order valence-corrected chi connectivity index (χ0v) is 16.3. The molecule has 0 aromatic rings. The molecule has 5 nitrogen and oxygen atoms in total. The summed E-state index contributed by atoms with van der Waals surface area (Å²) in [6.45, 7) is 1.64. The van der Waals surface area contributed by atoms with Crippen molar-refractivity contribution < 1.29 is 51.5 Å². The fraction of sp³-hybridized carbons (Fsp3) is 0.929. The minimum atomic E-state index is -4.51. The van der Waals surface area contributed by atoms with Gasteiger partial charge in [-0.1, -0.05) is 51.4 Å². The van der Waals surface area contributed by atoms with E-state index in [4.69, 9.17) is 0 Å². The summed E-state index contributed by atoms with van der Waals surface area (Å²) in [5.41, 5.74) is 0. The Morgan fingerprint density at radius 2 is 1.24 bits per heavy atom. The van der Waals surface area contributed by atoms with Crippen LogP contribution in [0, 0.1) is 0 Å². The van der Waals surface area contributed by atoms with Crippen LogP contribution in [0.2, 0.25) is 0 Å². The summed E-state index contributed by atoms with van der Waals surface area (Å²) in [6, 6.07) is 0. The number of carbonyl (C=O) groups is 1. The van der Waals surface area contributed by atoms with Gasteiger partial charge in [-0.05, 0) is 19.8 Å². The molecule has 0 atom stereocenters. The summed E-state index contributed by atoms with van der Waals surface area (Å²) in [7, 11) is -4.51. The van der Waals surface area contributed by atoms with E-state index in [1.54, 1.807) is 6.92 Å². The van der Waals surface area contributed by atoms with E-state index in [2.05, 4.69) is 4.18 Å². The molecule has 120 valence electrons. The van der Waals surface area contributed by atoms with Crippen molar-refractivity contribution in [1.29, 1.82) is 0 Å². The summed E-state index contributed by atoms with van der Waals surface area (Å²) in [5.74, 6) is 0.277. The summed E-state index contributed by atoms with van der Waals surface area (Å²) in [6.07, 6.45) is 11.4. The summed E-state index contributed by atoms with van der Waals surface area (Å²) < 4.78 is 34.6. The van der Waals surface area contributed by atoms with E-state index >= 15 is 0 Å². The van der Waals surface area contributed by atoms with Crippen molar-refractivity contribution in [2.75, 3.05) is 6.61 Å². The fourth-order valence-corrected chi connectivity index (χ4v) is 2.37. The molecule has 0 rings (SSSR count). The molecule has 0 saturated heterocycles. The Morgan fingerprint density at radius 3 is 1.62 bits per heavy atom. The van der Waals surface area contributed by atoms with Crippen LogP contribution in [0.5, 0.6) is 0 Å². The standard InChI is InChI=1S/C14H28O5S.Na/c1-14(15)12-10-8-6-4-2-3-5-7-9-11-13-19-20(16,17)18;/h2-13H2,1H3,(H,16,17,18);/q;+1/p-1. The van der Waals surface area contributed by atoms with Crippen LogP contribution in [0.1, 0.15) is 77.6 Å². The number of hydrogen-bond acceptors (Lipinski definition) is 5. The molecule has 0 radical (unpaired) electrons. The molecule has 0 heterocycles. The van der Waals surface area contributed by atoms with Crippen LogP contribution in [0.4, 0.5) is 0 Å². The largest absolute Gasteiger partial charge is 1.00 e. The molecule has 0 bridgehead atoms. The first-order valence-corrected chi connectivity index (χ1v) is 8.85. The van der Waals surface area contributed by atoms with Crippen molar-refractivity contribution in [3.63, 3.8) is 0 Å². The maximum atomic E-state index is 10.7. The van der Waals surface area contributed by atoms with Crippen molar-refractivity contribution in [2.24, 2.45) is 0 Å². The van der Waals surface area contributed by atoms with E-state index in [0.29, 0.717) is 12.8 Å². The van der Waals surface area contributed by atoms with Gasteiger partial charge in [-0.25, -0.2) is 8.42 Å². The molecule has 7 heteroatoms. The van der Waals surface area contributed by atoms with Gasteiger partial charge < -0.3 is 9.35 Å². The smallest absolute Gasteiger partial charge is 0.726 e. The molecule has 0 N–H and O–H groups in total. The minimum Gasteiger partial charge on any atom is -0.726 e. The summed E-state index contributed by atoms with van der Waals surface area (Å²) in [4.78, 5) is 10.7. The second-order valence-corrected chi connectivity index (χ2v) is 6.27. The van der Waals surface area contributed by atoms with Gasteiger partial charge in [0.2, 0.25) is 10.4 Å². The van der Waals surface area contributed by atoms with Gasteiger partial charge in [-0.15, -0.1) is 0 Å². The number of rotatable bonds is 14. The number of ketones is 1. The third-order valence-corrected chi connectivity index (χ3v) is 3.61. The Balaban J connectivity index is 0. The maximum absolute atomic E-state index is 10.7. The van der Waals surface area contributed by atoms with E-state index in [1.165, 1.54) is 25.7 Å². The predicted octanol–water partition coefficient (Wildman–Crippen LogP) is 0.347. The van der Waals surface area contributed by atoms with Gasteiger partial charge in [-0.2, -0.15) is 0 Å². The number of Topliss-reactive ketones (excluding diaryl/α,β-unsaturated/α-hetero) is 1. The zero-order chi connectivity index (χ0) is 15.3. The number of hydrogen-bond donors (Lipinski definition) is 0. The molecule has 0 aliphatic heterocycles. The van der Waals surface area contributed by atoms with Crippen molar-refractivity contribution in [3.05, 3.63) is 0 Å². The zero-order valence-electron chi connectivity index (χ0n) is 13.4. The third-order valence-electron chi connectivity index (χ3n) is 3.15. The van der Waals surface area contributed by atoms with Crippen LogP contribution in [0.25, 0.3) is 0 Å². The molecule has 0 fully saturated rings. The number of unbranched alkanes of at least 4 members (excludes halogenated alkanes) is 9. The number of carbonyl (C=O) groups excluding carboxylic acids is 1. The van der Waals surface area contributed by atoms with E-state index < -0.39 is 10.4 Å². The van der Waals surface area contributed by atoms with Crippen LogP contribution in [-0.4, -0.2) is 25.4 Å². The molecule has 0 unspecified atom stereocenters. The minimum absolute atomic E-state index is 0. The summed E-state index contributed by atoms with van der Waals surface area (Å²) in [5, 5.41) is 0. The van der Waals surface area contributed by atoms with Crippen molar-refractivity contribution in [2.45, 2.75) is 77.6 Å².